The van der Waals surface area contributed by atoms with Gasteiger partial charge < -0.3 is 10.0 Å². The summed E-state index contributed by atoms with van der Waals surface area (Å²) in [6.45, 7) is 4.95. The fraction of sp³-hybridized carbons (Fsp3) is 0.208. The van der Waals surface area contributed by atoms with Crippen molar-refractivity contribution in [3.8, 4) is 5.75 Å². The molecule has 0 bridgehead atoms. The lowest BCUT2D eigenvalue weighted by molar-refractivity contribution is -0.385. The molecule has 31 heavy (non-hydrogen) atoms. The Bertz CT molecular complexity index is 1060. The molecule has 3 aromatic carbocycles. The molecule has 1 heterocycles. The summed E-state index contributed by atoms with van der Waals surface area (Å²) < 4.78 is 0. The quantitative estimate of drug-likeness (QED) is 0.366. The van der Waals surface area contributed by atoms with Crippen molar-refractivity contribution >= 4 is 23.3 Å². The van der Waals surface area contributed by atoms with Crippen LogP contribution in [0.2, 0.25) is 0 Å². The molecule has 0 amide bonds. The van der Waals surface area contributed by atoms with Crippen LogP contribution in [0.3, 0.4) is 0 Å². The molecule has 0 radical (unpaired) electrons. The molecule has 3 aromatic rings. The second-order valence-electron chi connectivity index (χ2n) is 7.50. The van der Waals surface area contributed by atoms with E-state index in [1.807, 2.05) is 30.3 Å². The first-order valence-electron chi connectivity index (χ1n) is 10.2. The van der Waals surface area contributed by atoms with Crippen molar-refractivity contribution in [3.05, 3.63) is 94.0 Å². The molecule has 0 spiro atoms. The van der Waals surface area contributed by atoms with Gasteiger partial charge in [-0.1, -0.05) is 36.4 Å². The molecule has 4 rings (SSSR count). The zero-order valence-electron chi connectivity index (χ0n) is 17.1. The number of hydrogen-bond acceptors (Lipinski definition) is 6. The number of hydrogen-bond donors (Lipinski definition) is 1. The summed E-state index contributed by atoms with van der Waals surface area (Å²) in [7, 11) is 0. The normalized spacial score (nSPS) is 14.8. The third-order valence-corrected chi connectivity index (χ3v) is 5.43. The third kappa shape index (κ3) is 5.07. The Kier molecular flexibility index (Phi) is 6.24. The third-order valence-electron chi connectivity index (χ3n) is 5.43. The Hall–Kier alpha value is -3.71. The number of aromatic hydroxyl groups is 1. The van der Waals surface area contributed by atoms with Crippen LogP contribution in [0, 0.1) is 10.1 Å². The zero-order chi connectivity index (χ0) is 21.6. The van der Waals surface area contributed by atoms with Gasteiger partial charge in [0.1, 0.15) is 0 Å². The van der Waals surface area contributed by atoms with Crippen LogP contribution in [0.1, 0.15) is 11.1 Å². The van der Waals surface area contributed by atoms with Crippen LogP contribution in [0.15, 0.2) is 77.8 Å². The Morgan fingerprint density at radius 3 is 2.32 bits per heavy atom. The minimum Gasteiger partial charge on any atom is -0.502 e. The summed E-state index contributed by atoms with van der Waals surface area (Å²) in [4.78, 5) is 19.5. The highest BCUT2D eigenvalue weighted by Gasteiger charge is 2.17. The Morgan fingerprint density at radius 1 is 0.935 bits per heavy atom. The van der Waals surface area contributed by atoms with Crippen molar-refractivity contribution in [2.45, 2.75) is 6.54 Å². The smallest absolute Gasteiger partial charge is 0.311 e. The van der Waals surface area contributed by atoms with Crippen molar-refractivity contribution in [2.75, 3.05) is 31.1 Å². The summed E-state index contributed by atoms with van der Waals surface area (Å²) in [6.07, 6.45) is 1.44. The first-order valence-corrected chi connectivity index (χ1v) is 10.2. The average molecular weight is 416 g/mol. The van der Waals surface area contributed by atoms with Gasteiger partial charge in [-0.05, 0) is 35.9 Å². The first kappa shape index (κ1) is 20.6. The largest absolute Gasteiger partial charge is 0.502 e. The maximum absolute atomic E-state index is 10.9. The molecule has 0 saturated carbocycles. The van der Waals surface area contributed by atoms with Gasteiger partial charge in [-0.15, -0.1) is 0 Å². The van der Waals surface area contributed by atoms with Gasteiger partial charge in [-0.25, -0.2) is 0 Å². The molecule has 7 nitrogen and oxygen atoms in total. The number of nitrogens with zero attached hydrogens (tertiary/aromatic N) is 4. The number of phenolic OH excluding ortho intramolecular Hbond substituents is 1. The Morgan fingerprint density at radius 2 is 1.65 bits per heavy atom. The van der Waals surface area contributed by atoms with Crippen molar-refractivity contribution in [3.63, 3.8) is 0 Å². The SMILES string of the molecule is O=[N+]([O-])c1cccc(C=Nc2ccc(N3CCN(Cc4ccccc4)CC3)cc2)c1O. The molecule has 1 aliphatic heterocycles. The van der Waals surface area contributed by atoms with E-state index in [1.165, 1.54) is 23.9 Å². The molecule has 0 aliphatic carbocycles. The predicted octanol–water partition coefficient (Wildman–Crippen LogP) is 4.37. The monoisotopic (exact) mass is 416 g/mol. The van der Waals surface area contributed by atoms with Crippen molar-refractivity contribution in [1.29, 1.82) is 0 Å². The van der Waals surface area contributed by atoms with Gasteiger partial charge in [-0.3, -0.25) is 20.0 Å². The standard InChI is InChI=1S/C24H24N4O3/c29-24-20(7-4-8-23(24)28(30)31)17-25-21-9-11-22(12-10-21)27-15-13-26(14-16-27)18-19-5-2-1-3-6-19/h1-12,17,29H,13-16,18H2. The number of benzene rings is 3. The average Bonchev–Trinajstić information content (AvgIpc) is 2.80. The van der Waals surface area contributed by atoms with Crippen LogP contribution >= 0.6 is 0 Å². The van der Waals surface area contributed by atoms with E-state index in [4.69, 9.17) is 0 Å². The topological polar surface area (TPSA) is 82.2 Å². The lowest BCUT2D eigenvalue weighted by Gasteiger charge is -2.36. The van der Waals surface area contributed by atoms with Crippen LogP contribution in [0.4, 0.5) is 17.1 Å². The molecule has 1 N–H and O–H groups in total. The Balaban J connectivity index is 1.35. The lowest BCUT2D eigenvalue weighted by Crippen LogP contribution is -2.45. The number of nitro benzene ring substituents is 1. The maximum Gasteiger partial charge on any atom is 0.311 e. The first-order chi connectivity index (χ1) is 15.1. The van der Waals surface area contributed by atoms with Crippen molar-refractivity contribution < 1.29 is 10.0 Å². The van der Waals surface area contributed by atoms with E-state index < -0.39 is 4.92 Å². The number of rotatable bonds is 6. The minimum absolute atomic E-state index is 0.313. The van der Waals surface area contributed by atoms with E-state index in [9.17, 15) is 15.2 Å². The van der Waals surface area contributed by atoms with Crippen LogP contribution in [0.25, 0.3) is 0 Å². The number of para-hydroxylation sites is 1. The molecule has 0 aromatic heterocycles. The second kappa shape index (κ2) is 9.40. The van der Waals surface area contributed by atoms with E-state index >= 15 is 0 Å². The summed E-state index contributed by atoms with van der Waals surface area (Å²) >= 11 is 0. The predicted molar refractivity (Wildman–Crippen MR) is 122 cm³/mol. The van der Waals surface area contributed by atoms with Crippen LogP contribution in [-0.4, -0.2) is 47.3 Å². The molecular weight excluding hydrogens is 392 g/mol. The summed E-state index contributed by atoms with van der Waals surface area (Å²) in [5, 5.41) is 21.0. The van der Waals surface area contributed by atoms with E-state index in [-0.39, 0.29) is 11.4 Å². The van der Waals surface area contributed by atoms with Gasteiger partial charge >= 0.3 is 5.69 Å². The fourth-order valence-electron chi connectivity index (χ4n) is 3.70. The molecule has 158 valence electrons. The van der Waals surface area contributed by atoms with E-state index in [0.717, 1.165) is 44.1 Å². The Labute approximate surface area is 181 Å². The molecule has 7 heteroatoms. The van der Waals surface area contributed by atoms with E-state index in [2.05, 4.69) is 39.1 Å². The van der Waals surface area contributed by atoms with Gasteiger partial charge in [0, 0.05) is 56.3 Å². The number of anilines is 1. The number of phenols is 1. The highest BCUT2D eigenvalue weighted by molar-refractivity contribution is 5.87. The van der Waals surface area contributed by atoms with Gasteiger partial charge in [0.15, 0.2) is 0 Å². The lowest BCUT2D eigenvalue weighted by atomic mass is 10.2. The maximum atomic E-state index is 10.9. The highest BCUT2D eigenvalue weighted by atomic mass is 16.6. The van der Waals surface area contributed by atoms with E-state index in [0.29, 0.717) is 5.56 Å². The molecule has 0 atom stereocenters. The molecule has 1 saturated heterocycles. The fourth-order valence-corrected chi connectivity index (χ4v) is 3.70. The van der Waals surface area contributed by atoms with Gasteiger partial charge in [-0.2, -0.15) is 0 Å². The van der Waals surface area contributed by atoms with E-state index in [1.54, 1.807) is 6.07 Å². The summed E-state index contributed by atoms with van der Waals surface area (Å²) in [5.74, 6) is -0.374. The van der Waals surface area contributed by atoms with Gasteiger partial charge in [0.05, 0.1) is 10.6 Å². The molecular formula is C24H24N4O3. The van der Waals surface area contributed by atoms with Crippen molar-refractivity contribution in [1.82, 2.24) is 4.90 Å². The summed E-state index contributed by atoms with van der Waals surface area (Å²) in [6, 6.07) is 22.8. The molecule has 1 aliphatic rings. The summed E-state index contributed by atoms with van der Waals surface area (Å²) in [5.41, 5.74) is 3.19. The van der Waals surface area contributed by atoms with Crippen LogP contribution in [0.5, 0.6) is 5.75 Å². The molecule has 0 unspecified atom stereocenters. The van der Waals surface area contributed by atoms with Crippen LogP contribution < -0.4 is 4.90 Å². The minimum atomic E-state index is -0.610. The number of piperazine rings is 1. The highest BCUT2D eigenvalue weighted by Crippen LogP contribution is 2.29. The number of aliphatic imine (C=N–C) groups is 1. The van der Waals surface area contributed by atoms with Crippen LogP contribution in [-0.2, 0) is 6.54 Å². The van der Waals surface area contributed by atoms with Crippen molar-refractivity contribution in [2.24, 2.45) is 4.99 Å². The molecule has 1 fully saturated rings. The second-order valence-corrected chi connectivity index (χ2v) is 7.50. The van der Waals surface area contributed by atoms with Gasteiger partial charge in [0.25, 0.3) is 0 Å². The zero-order valence-corrected chi connectivity index (χ0v) is 17.1. The van der Waals surface area contributed by atoms with Gasteiger partial charge in [0.2, 0.25) is 5.75 Å². The number of nitro groups is 1.